The molecule has 0 radical (unpaired) electrons. The maximum Gasteiger partial charge on any atom is 0.508 e. The Morgan fingerprint density at radius 1 is 1.26 bits per heavy atom. The standard InChI is InChI=1S/C19H23Cl2NO5/c1-17(2,3)27-16(25)26-11-18-9-19(18,6-7-22(10-18)15(23)24)12-4-5-13(20)14(21)8-12/h4-5,8H,6-7,9-11H2,1-3H3,(H,23,24)/t18?,19-/m1/s1. The average Bonchev–Trinajstić information content (AvgIpc) is 3.23. The van der Waals surface area contributed by atoms with Crippen LogP contribution in [0.4, 0.5) is 9.59 Å². The Morgan fingerprint density at radius 3 is 2.56 bits per heavy atom. The number of ether oxygens (including phenoxy) is 2. The molecule has 0 spiro atoms. The maximum atomic E-state index is 12.0. The van der Waals surface area contributed by atoms with E-state index in [4.69, 9.17) is 32.7 Å². The molecule has 1 aromatic rings. The molecule has 2 fully saturated rings. The summed E-state index contributed by atoms with van der Waals surface area (Å²) in [6.45, 7) is 6.09. The largest absolute Gasteiger partial charge is 0.508 e. The number of piperidine rings is 1. The molecular weight excluding hydrogens is 393 g/mol. The number of fused-ring (bicyclic) bond motifs is 1. The van der Waals surface area contributed by atoms with E-state index in [0.717, 1.165) is 5.56 Å². The summed E-state index contributed by atoms with van der Waals surface area (Å²) in [5, 5.41) is 10.3. The molecule has 27 heavy (non-hydrogen) atoms. The molecule has 0 aromatic heterocycles. The third-order valence-electron chi connectivity index (χ3n) is 5.43. The number of benzene rings is 1. The van der Waals surface area contributed by atoms with Crippen LogP contribution in [0.1, 0.15) is 39.2 Å². The van der Waals surface area contributed by atoms with E-state index in [-0.39, 0.29) is 12.0 Å². The number of carboxylic acid groups (broad SMARTS) is 1. The third-order valence-corrected chi connectivity index (χ3v) is 6.17. The third kappa shape index (κ3) is 3.83. The molecule has 2 aliphatic rings. The highest BCUT2D eigenvalue weighted by Gasteiger charge is 2.71. The summed E-state index contributed by atoms with van der Waals surface area (Å²) in [5.41, 5.74) is -0.430. The highest BCUT2D eigenvalue weighted by molar-refractivity contribution is 6.42. The molecular formula is C19H23Cl2NO5. The topological polar surface area (TPSA) is 76.1 Å². The van der Waals surface area contributed by atoms with Crippen molar-refractivity contribution >= 4 is 35.5 Å². The zero-order chi connectivity index (χ0) is 20.0. The number of amides is 1. The fraction of sp³-hybridized carbons (Fsp3) is 0.579. The fourth-order valence-corrected chi connectivity index (χ4v) is 4.38. The maximum absolute atomic E-state index is 12.0. The Morgan fingerprint density at radius 2 is 1.96 bits per heavy atom. The van der Waals surface area contributed by atoms with E-state index in [1.54, 1.807) is 26.8 Å². The summed E-state index contributed by atoms with van der Waals surface area (Å²) in [6, 6.07) is 5.49. The monoisotopic (exact) mass is 415 g/mol. The predicted octanol–water partition coefficient (Wildman–Crippen LogP) is 4.96. The van der Waals surface area contributed by atoms with E-state index in [1.165, 1.54) is 4.90 Å². The number of carbonyl (C=O) groups excluding carboxylic acids is 1. The van der Waals surface area contributed by atoms with Gasteiger partial charge in [-0.2, -0.15) is 0 Å². The molecule has 8 heteroatoms. The van der Waals surface area contributed by atoms with E-state index >= 15 is 0 Å². The molecule has 1 aromatic carbocycles. The van der Waals surface area contributed by atoms with E-state index in [0.29, 0.717) is 36.0 Å². The Labute approximate surface area is 168 Å². The molecule has 1 heterocycles. The van der Waals surface area contributed by atoms with Gasteiger partial charge in [-0.05, 0) is 51.3 Å². The summed E-state index contributed by atoms with van der Waals surface area (Å²) in [5.74, 6) is 0. The van der Waals surface area contributed by atoms with Crippen LogP contribution in [0.2, 0.25) is 10.0 Å². The molecule has 2 atom stereocenters. The summed E-state index contributed by atoms with van der Waals surface area (Å²) in [7, 11) is 0. The highest BCUT2D eigenvalue weighted by atomic mass is 35.5. The Balaban J connectivity index is 1.83. The lowest BCUT2D eigenvalue weighted by Crippen LogP contribution is -2.46. The Bertz CT molecular complexity index is 778. The van der Waals surface area contributed by atoms with Gasteiger partial charge in [-0.15, -0.1) is 0 Å². The first-order valence-corrected chi connectivity index (χ1v) is 9.53. The zero-order valence-corrected chi connectivity index (χ0v) is 17.1. The second-order valence-electron chi connectivity index (χ2n) is 8.38. The van der Waals surface area contributed by atoms with Gasteiger partial charge in [0.15, 0.2) is 0 Å². The first-order chi connectivity index (χ1) is 12.5. The second-order valence-corrected chi connectivity index (χ2v) is 9.19. The van der Waals surface area contributed by atoms with Crippen molar-refractivity contribution in [3.05, 3.63) is 33.8 Å². The van der Waals surface area contributed by atoms with Crippen molar-refractivity contribution in [1.82, 2.24) is 4.90 Å². The second kappa shape index (κ2) is 6.74. The Kier molecular flexibility index (Phi) is 5.02. The van der Waals surface area contributed by atoms with Crippen LogP contribution in [0.5, 0.6) is 0 Å². The molecule has 1 unspecified atom stereocenters. The summed E-state index contributed by atoms with van der Waals surface area (Å²) in [6.07, 6.45) is -0.375. The molecule has 1 aliphatic heterocycles. The van der Waals surface area contributed by atoms with E-state index in [1.807, 2.05) is 12.1 Å². The average molecular weight is 416 g/mol. The number of hydrogen-bond acceptors (Lipinski definition) is 4. The Hall–Kier alpha value is -1.66. The van der Waals surface area contributed by atoms with Crippen molar-refractivity contribution < 1.29 is 24.2 Å². The summed E-state index contributed by atoms with van der Waals surface area (Å²) >= 11 is 12.2. The number of carbonyl (C=O) groups is 2. The molecule has 1 saturated heterocycles. The molecule has 6 nitrogen and oxygen atoms in total. The van der Waals surface area contributed by atoms with Gasteiger partial charge in [0.1, 0.15) is 12.2 Å². The van der Waals surface area contributed by atoms with Crippen molar-refractivity contribution in [2.24, 2.45) is 5.41 Å². The van der Waals surface area contributed by atoms with Gasteiger partial charge in [0.25, 0.3) is 0 Å². The number of rotatable bonds is 3. The van der Waals surface area contributed by atoms with Gasteiger partial charge < -0.3 is 19.5 Å². The van der Waals surface area contributed by atoms with Gasteiger partial charge in [0.2, 0.25) is 0 Å². The molecule has 3 rings (SSSR count). The number of nitrogens with zero attached hydrogens (tertiary/aromatic N) is 1. The SMILES string of the molecule is CC(C)(C)OC(=O)OCC12CN(C(=O)O)CC[C@]1(c1ccc(Cl)c(Cl)c1)C2. The summed E-state index contributed by atoms with van der Waals surface area (Å²) in [4.78, 5) is 24.9. The quantitative estimate of drug-likeness (QED) is 0.706. The van der Waals surface area contributed by atoms with Crippen LogP contribution in [-0.2, 0) is 14.9 Å². The van der Waals surface area contributed by atoms with Crippen LogP contribution in [-0.4, -0.2) is 47.6 Å². The normalized spacial score (nSPS) is 26.9. The first-order valence-electron chi connectivity index (χ1n) is 8.77. The van der Waals surface area contributed by atoms with Gasteiger partial charge >= 0.3 is 12.2 Å². The number of halogens is 2. The molecule has 0 bridgehead atoms. The van der Waals surface area contributed by atoms with E-state index in [9.17, 15) is 14.7 Å². The van der Waals surface area contributed by atoms with Crippen molar-refractivity contribution in [2.45, 2.75) is 44.6 Å². The highest BCUT2D eigenvalue weighted by Crippen LogP contribution is 2.69. The lowest BCUT2D eigenvalue weighted by molar-refractivity contribution is -0.0219. The van der Waals surface area contributed by atoms with Crippen LogP contribution in [0.25, 0.3) is 0 Å². The van der Waals surface area contributed by atoms with Gasteiger partial charge in [0, 0.05) is 23.9 Å². The smallest absolute Gasteiger partial charge is 0.465 e. The van der Waals surface area contributed by atoms with Crippen molar-refractivity contribution in [3.8, 4) is 0 Å². The van der Waals surface area contributed by atoms with Gasteiger partial charge in [-0.1, -0.05) is 29.3 Å². The molecule has 148 valence electrons. The van der Waals surface area contributed by atoms with Crippen LogP contribution in [0.3, 0.4) is 0 Å². The van der Waals surface area contributed by atoms with Crippen LogP contribution in [0.15, 0.2) is 18.2 Å². The van der Waals surface area contributed by atoms with Crippen molar-refractivity contribution in [2.75, 3.05) is 19.7 Å². The van der Waals surface area contributed by atoms with E-state index in [2.05, 4.69) is 0 Å². The molecule has 1 N–H and O–H groups in total. The first kappa shape index (κ1) is 20.1. The minimum absolute atomic E-state index is 0.0892. The molecule has 1 amide bonds. The van der Waals surface area contributed by atoms with Gasteiger partial charge in [-0.25, -0.2) is 9.59 Å². The van der Waals surface area contributed by atoms with Crippen molar-refractivity contribution in [1.29, 1.82) is 0 Å². The minimum atomic E-state index is -0.971. The predicted molar refractivity (Wildman–Crippen MR) is 102 cm³/mol. The van der Waals surface area contributed by atoms with Gasteiger partial charge in [0.05, 0.1) is 10.0 Å². The minimum Gasteiger partial charge on any atom is -0.465 e. The van der Waals surface area contributed by atoms with Crippen LogP contribution < -0.4 is 0 Å². The molecule has 1 saturated carbocycles. The number of likely N-dealkylation sites (tertiary alicyclic amines) is 1. The molecule has 1 aliphatic carbocycles. The van der Waals surface area contributed by atoms with Crippen molar-refractivity contribution in [3.63, 3.8) is 0 Å². The van der Waals surface area contributed by atoms with Crippen LogP contribution in [0, 0.1) is 5.41 Å². The van der Waals surface area contributed by atoms with Crippen LogP contribution >= 0.6 is 23.2 Å². The fourth-order valence-electron chi connectivity index (χ4n) is 4.09. The van der Waals surface area contributed by atoms with Gasteiger partial charge in [-0.3, -0.25) is 0 Å². The number of hydrogen-bond donors (Lipinski definition) is 1. The lowest BCUT2D eigenvalue weighted by atomic mass is 9.80. The van der Waals surface area contributed by atoms with E-state index < -0.39 is 23.3 Å². The lowest BCUT2D eigenvalue weighted by Gasteiger charge is -2.36. The summed E-state index contributed by atoms with van der Waals surface area (Å²) < 4.78 is 10.6. The zero-order valence-electron chi connectivity index (χ0n) is 15.6.